The van der Waals surface area contributed by atoms with Crippen LogP contribution in [-0.4, -0.2) is 0 Å². The van der Waals surface area contributed by atoms with Crippen LogP contribution in [0.3, 0.4) is 0 Å². The van der Waals surface area contributed by atoms with Crippen molar-refractivity contribution in [2.24, 2.45) is 5.84 Å². The number of hydrogen-bond acceptors (Lipinski definition) is 2. The van der Waals surface area contributed by atoms with Crippen molar-refractivity contribution in [2.45, 2.75) is 25.8 Å². The minimum absolute atomic E-state index is 0.0231. The maximum absolute atomic E-state index is 13.9. The van der Waals surface area contributed by atoms with E-state index in [4.69, 9.17) is 5.84 Å². The summed E-state index contributed by atoms with van der Waals surface area (Å²) in [5.74, 6) is 1.56. The number of hydrogen-bond donors (Lipinski definition) is 2. The average Bonchev–Trinajstić information content (AvgIpc) is 2.49. The fourth-order valence-electron chi connectivity index (χ4n) is 2.35. The lowest BCUT2D eigenvalue weighted by molar-refractivity contribution is 0.433. The van der Waals surface area contributed by atoms with E-state index in [0.717, 1.165) is 24.5 Å². The molecule has 0 saturated carbocycles. The SMILES string of the molecule is CCCc1cccc(C(NN)c2ccc(F)c(F)c2F)c1. The lowest BCUT2D eigenvalue weighted by atomic mass is 9.96. The third kappa shape index (κ3) is 3.25. The summed E-state index contributed by atoms with van der Waals surface area (Å²) < 4.78 is 40.3. The van der Waals surface area contributed by atoms with Crippen molar-refractivity contribution < 1.29 is 13.2 Å². The van der Waals surface area contributed by atoms with Crippen LogP contribution >= 0.6 is 0 Å². The zero-order chi connectivity index (χ0) is 15.4. The van der Waals surface area contributed by atoms with Crippen LogP contribution in [0.25, 0.3) is 0 Å². The Kier molecular flexibility index (Phi) is 4.98. The molecule has 0 spiro atoms. The fourth-order valence-corrected chi connectivity index (χ4v) is 2.35. The van der Waals surface area contributed by atoms with Gasteiger partial charge in [0.2, 0.25) is 0 Å². The standard InChI is InChI=1S/C16H17F3N2/c1-2-4-10-5-3-6-11(9-10)16(21-20)12-7-8-13(17)15(19)14(12)18/h3,5-9,16,21H,2,4,20H2,1H3. The third-order valence-electron chi connectivity index (χ3n) is 3.37. The number of nitrogens with two attached hydrogens (primary N) is 1. The van der Waals surface area contributed by atoms with Crippen LogP contribution in [0.5, 0.6) is 0 Å². The van der Waals surface area contributed by atoms with Crippen molar-refractivity contribution in [1.29, 1.82) is 0 Å². The normalized spacial score (nSPS) is 12.4. The first-order chi connectivity index (χ1) is 10.1. The molecule has 21 heavy (non-hydrogen) atoms. The fraction of sp³-hybridized carbons (Fsp3) is 0.250. The van der Waals surface area contributed by atoms with Gasteiger partial charge in [0.05, 0.1) is 6.04 Å². The average molecular weight is 294 g/mol. The van der Waals surface area contributed by atoms with E-state index in [2.05, 4.69) is 12.3 Å². The summed E-state index contributed by atoms with van der Waals surface area (Å²) in [5.41, 5.74) is 4.22. The van der Waals surface area contributed by atoms with Crippen molar-refractivity contribution in [1.82, 2.24) is 5.43 Å². The Bertz CT molecular complexity index is 629. The summed E-state index contributed by atoms with van der Waals surface area (Å²) in [4.78, 5) is 0. The molecule has 5 heteroatoms. The van der Waals surface area contributed by atoms with Crippen LogP contribution < -0.4 is 11.3 Å². The van der Waals surface area contributed by atoms with Crippen molar-refractivity contribution in [3.05, 3.63) is 70.5 Å². The molecule has 0 aliphatic rings. The molecule has 2 aromatic rings. The second-order valence-electron chi connectivity index (χ2n) is 4.86. The van der Waals surface area contributed by atoms with Gasteiger partial charge in [-0.15, -0.1) is 0 Å². The molecular formula is C16H17F3N2. The van der Waals surface area contributed by atoms with E-state index in [0.29, 0.717) is 5.56 Å². The molecule has 0 fully saturated rings. The van der Waals surface area contributed by atoms with E-state index >= 15 is 0 Å². The molecule has 3 N–H and O–H groups in total. The zero-order valence-corrected chi connectivity index (χ0v) is 11.7. The Morgan fingerprint density at radius 2 is 1.86 bits per heavy atom. The van der Waals surface area contributed by atoms with Crippen LogP contribution in [0.1, 0.15) is 36.1 Å². The molecule has 0 saturated heterocycles. The van der Waals surface area contributed by atoms with Gasteiger partial charge < -0.3 is 0 Å². The summed E-state index contributed by atoms with van der Waals surface area (Å²) in [6.07, 6.45) is 1.86. The zero-order valence-electron chi connectivity index (χ0n) is 11.7. The van der Waals surface area contributed by atoms with Crippen molar-refractivity contribution >= 4 is 0 Å². The van der Waals surface area contributed by atoms with Crippen LogP contribution in [0.15, 0.2) is 36.4 Å². The molecule has 2 rings (SSSR count). The number of benzene rings is 2. The van der Waals surface area contributed by atoms with Gasteiger partial charge in [-0.1, -0.05) is 43.7 Å². The summed E-state index contributed by atoms with van der Waals surface area (Å²) in [6, 6.07) is 8.81. The first kappa shape index (κ1) is 15.5. The molecule has 0 amide bonds. The van der Waals surface area contributed by atoms with E-state index in [1.165, 1.54) is 6.07 Å². The van der Waals surface area contributed by atoms with E-state index in [1.54, 1.807) is 6.07 Å². The van der Waals surface area contributed by atoms with Gasteiger partial charge in [-0.3, -0.25) is 5.84 Å². The van der Waals surface area contributed by atoms with E-state index in [-0.39, 0.29) is 5.56 Å². The highest BCUT2D eigenvalue weighted by Gasteiger charge is 2.21. The Balaban J connectivity index is 2.44. The predicted molar refractivity (Wildman–Crippen MR) is 75.9 cm³/mol. The first-order valence-electron chi connectivity index (χ1n) is 6.76. The lowest BCUT2D eigenvalue weighted by Gasteiger charge is -2.18. The minimum Gasteiger partial charge on any atom is -0.271 e. The molecular weight excluding hydrogens is 277 g/mol. The number of nitrogens with one attached hydrogen (secondary N) is 1. The van der Waals surface area contributed by atoms with Gasteiger partial charge in [-0.25, -0.2) is 18.6 Å². The highest BCUT2D eigenvalue weighted by Crippen LogP contribution is 2.27. The number of hydrazine groups is 1. The Morgan fingerprint density at radius 1 is 1.10 bits per heavy atom. The van der Waals surface area contributed by atoms with E-state index in [1.807, 2.05) is 18.2 Å². The molecule has 0 aliphatic carbocycles. The second kappa shape index (κ2) is 6.74. The molecule has 0 bridgehead atoms. The number of halogens is 3. The van der Waals surface area contributed by atoms with Crippen LogP contribution in [0.2, 0.25) is 0 Å². The lowest BCUT2D eigenvalue weighted by Crippen LogP contribution is -2.30. The van der Waals surface area contributed by atoms with Gasteiger partial charge in [-0.05, 0) is 23.6 Å². The van der Waals surface area contributed by atoms with Crippen molar-refractivity contribution in [3.8, 4) is 0 Å². The molecule has 112 valence electrons. The highest BCUT2D eigenvalue weighted by molar-refractivity contribution is 5.35. The summed E-state index contributed by atoms with van der Waals surface area (Å²) in [6.45, 7) is 2.06. The maximum atomic E-state index is 13.9. The predicted octanol–water partition coefficient (Wildman–Crippen LogP) is 3.61. The summed E-state index contributed by atoms with van der Waals surface area (Å²) in [7, 11) is 0. The van der Waals surface area contributed by atoms with Crippen LogP contribution in [-0.2, 0) is 6.42 Å². The van der Waals surface area contributed by atoms with Gasteiger partial charge in [0.25, 0.3) is 0 Å². The summed E-state index contributed by atoms with van der Waals surface area (Å²) >= 11 is 0. The quantitative estimate of drug-likeness (QED) is 0.502. The molecule has 2 aromatic carbocycles. The molecule has 0 heterocycles. The Morgan fingerprint density at radius 3 is 2.52 bits per heavy atom. The molecule has 1 unspecified atom stereocenters. The second-order valence-corrected chi connectivity index (χ2v) is 4.86. The van der Waals surface area contributed by atoms with Gasteiger partial charge in [0.15, 0.2) is 17.5 Å². The molecule has 0 aromatic heterocycles. The maximum Gasteiger partial charge on any atom is 0.194 e. The minimum atomic E-state index is -1.49. The molecule has 1 atom stereocenters. The van der Waals surface area contributed by atoms with Gasteiger partial charge in [0.1, 0.15) is 0 Å². The smallest absolute Gasteiger partial charge is 0.194 e. The van der Waals surface area contributed by atoms with Crippen LogP contribution in [0, 0.1) is 17.5 Å². The van der Waals surface area contributed by atoms with Gasteiger partial charge >= 0.3 is 0 Å². The van der Waals surface area contributed by atoms with Gasteiger partial charge in [0, 0.05) is 5.56 Å². The monoisotopic (exact) mass is 294 g/mol. The molecule has 0 radical (unpaired) electrons. The van der Waals surface area contributed by atoms with E-state index in [9.17, 15) is 13.2 Å². The number of aryl methyl sites for hydroxylation is 1. The highest BCUT2D eigenvalue weighted by atomic mass is 19.2. The van der Waals surface area contributed by atoms with Gasteiger partial charge in [-0.2, -0.15) is 0 Å². The Labute approximate surface area is 121 Å². The number of rotatable bonds is 5. The molecule has 0 aliphatic heterocycles. The van der Waals surface area contributed by atoms with E-state index < -0.39 is 23.5 Å². The van der Waals surface area contributed by atoms with Crippen LogP contribution in [0.4, 0.5) is 13.2 Å². The molecule has 2 nitrogen and oxygen atoms in total. The van der Waals surface area contributed by atoms with Crippen molar-refractivity contribution in [2.75, 3.05) is 0 Å². The third-order valence-corrected chi connectivity index (χ3v) is 3.37. The largest absolute Gasteiger partial charge is 0.271 e. The van der Waals surface area contributed by atoms with Crippen molar-refractivity contribution in [3.63, 3.8) is 0 Å². The topological polar surface area (TPSA) is 38.0 Å². The first-order valence-corrected chi connectivity index (χ1v) is 6.76. The summed E-state index contributed by atoms with van der Waals surface area (Å²) in [5, 5.41) is 0. The Hall–Kier alpha value is -1.85.